The van der Waals surface area contributed by atoms with Crippen LogP contribution in [-0.4, -0.2) is 37.2 Å². The first-order valence-corrected chi connectivity index (χ1v) is 12.3. The Morgan fingerprint density at radius 3 is 2.22 bits per heavy atom. The second kappa shape index (κ2) is 10.5. The standard InChI is InChI=1S/C22H24N4O4S2/c1-15-12-16(2)24-22(23-15)26-32(28,29)20-10-6-18(7-11-20)25-21(27)14-31-13-17-4-8-19(30-3)9-5-17/h4-12H,13-14H2,1-3H3,(H,25,27)(H,23,24,26). The molecule has 32 heavy (non-hydrogen) atoms. The molecular weight excluding hydrogens is 448 g/mol. The largest absolute Gasteiger partial charge is 0.497 e. The van der Waals surface area contributed by atoms with Crippen molar-refractivity contribution in [3.63, 3.8) is 0 Å². The zero-order chi connectivity index (χ0) is 23.1. The van der Waals surface area contributed by atoms with E-state index in [1.807, 2.05) is 24.3 Å². The maximum absolute atomic E-state index is 12.6. The van der Waals surface area contributed by atoms with Crippen LogP contribution in [-0.2, 0) is 20.6 Å². The summed E-state index contributed by atoms with van der Waals surface area (Å²) in [5.41, 5.74) is 2.94. The molecule has 1 heterocycles. The summed E-state index contributed by atoms with van der Waals surface area (Å²) in [5, 5.41) is 2.77. The second-order valence-electron chi connectivity index (χ2n) is 6.99. The number of amides is 1. The van der Waals surface area contributed by atoms with Crippen molar-refractivity contribution in [3.8, 4) is 5.75 Å². The molecule has 0 unspecified atom stereocenters. The average molecular weight is 473 g/mol. The molecule has 3 aromatic rings. The van der Waals surface area contributed by atoms with Gasteiger partial charge in [-0.1, -0.05) is 12.1 Å². The first kappa shape index (κ1) is 23.6. The topological polar surface area (TPSA) is 110 Å². The number of methoxy groups -OCH3 is 1. The number of aryl methyl sites for hydroxylation is 2. The Morgan fingerprint density at radius 2 is 1.62 bits per heavy atom. The van der Waals surface area contributed by atoms with Crippen LogP contribution in [0.2, 0.25) is 0 Å². The molecular formula is C22H24N4O4S2. The summed E-state index contributed by atoms with van der Waals surface area (Å²) in [6.45, 7) is 3.53. The number of ether oxygens (including phenoxy) is 1. The number of rotatable bonds is 9. The van der Waals surface area contributed by atoms with E-state index in [0.717, 1.165) is 11.3 Å². The Hall–Kier alpha value is -3.11. The Morgan fingerprint density at radius 1 is 1.00 bits per heavy atom. The minimum atomic E-state index is -3.84. The van der Waals surface area contributed by atoms with E-state index in [9.17, 15) is 13.2 Å². The van der Waals surface area contributed by atoms with Crippen molar-refractivity contribution >= 4 is 39.3 Å². The molecule has 0 aliphatic heterocycles. The molecule has 3 rings (SSSR count). The van der Waals surface area contributed by atoms with Crippen molar-refractivity contribution in [2.24, 2.45) is 0 Å². The van der Waals surface area contributed by atoms with Crippen LogP contribution < -0.4 is 14.8 Å². The maximum atomic E-state index is 12.6. The molecule has 0 aliphatic rings. The number of carbonyl (C=O) groups is 1. The summed E-state index contributed by atoms with van der Waals surface area (Å²) in [7, 11) is -2.23. The zero-order valence-corrected chi connectivity index (χ0v) is 19.6. The highest BCUT2D eigenvalue weighted by molar-refractivity contribution is 7.99. The van der Waals surface area contributed by atoms with Crippen molar-refractivity contribution in [2.75, 3.05) is 22.9 Å². The fraction of sp³-hybridized carbons (Fsp3) is 0.227. The van der Waals surface area contributed by atoms with Crippen molar-refractivity contribution < 1.29 is 17.9 Å². The van der Waals surface area contributed by atoms with Crippen LogP contribution in [0, 0.1) is 13.8 Å². The lowest BCUT2D eigenvalue weighted by molar-refractivity contribution is -0.113. The Kier molecular flexibility index (Phi) is 7.70. The lowest BCUT2D eigenvalue weighted by Crippen LogP contribution is -2.16. The molecule has 0 atom stereocenters. The van der Waals surface area contributed by atoms with Gasteiger partial charge < -0.3 is 10.1 Å². The number of benzene rings is 2. The zero-order valence-electron chi connectivity index (χ0n) is 18.0. The summed E-state index contributed by atoms with van der Waals surface area (Å²) in [4.78, 5) is 20.4. The van der Waals surface area contributed by atoms with Gasteiger partial charge in [0.05, 0.1) is 17.8 Å². The number of anilines is 2. The lowest BCUT2D eigenvalue weighted by atomic mass is 10.2. The highest BCUT2D eigenvalue weighted by Gasteiger charge is 2.16. The third-order valence-corrected chi connectivity index (χ3v) is 6.67. The molecule has 168 valence electrons. The molecule has 1 aromatic heterocycles. The Labute approximate surface area is 191 Å². The number of sulfonamides is 1. The highest BCUT2D eigenvalue weighted by atomic mass is 32.2. The van der Waals surface area contributed by atoms with Gasteiger partial charge in [0.15, 0.2) is 0 Å². The number of hydrogen-bond donors (Lipinski definition) is 2. The van der Waals surface area contributed by atoms with Gasteiger partial charge in [-0.2, -0.15) is 0 Å². The average Bonchev–Trinajstić information content (AvgIpc) is 2.73. The van der Waals surface area contributed by atoms with E-state index >= 15 is 0 Å². The summed E-state index contributed by atoms with van der Waals surface area (Å²) in [5.74, 6) is 1.62. The van der Waals surface area contributed by atoms with Gasteiger partial charge in [0.1, 0.15) is 5.75 Å². The van der Waals surface area contributed by atoms with Crippen LogP contribution in [0.25, 0.3) is 0 Å². The summed E-state index contributed by atoms with van der Waals surface area (Å²) < 4.78 is 32.7. The van der Waals surface area contributed by atoms with Crippen LogP contribution in [0.1, 0.15) is 17.0 Å². The van der Waals surface area contributed by atoms with Crippen LogP contribution >= 0.6 is 11.8 Å². The normalized spacial score (nSPS) is 11.1. The molecule has 8 nitrogen and oxygen atoms in total. The summed E-state index contributed by atoms with van der Waals surface area (Å²) in [6, 6.07) is 15.4. The third kappa shape index (κ3) is 6.69. The minimum absolute atomic E-state index is 0.0220. The number of nitrogens with one attached hydrogen (secondary N) is 2. The van der Waals surface area contributed by atoms with Gasteiger partial charge in [-0.15, -0.1) is 11.8 Å². The van der Waals surface area contributed by atoms with E-state index in [-0.39, 0.29) is 22.5 Å². The first-order valence-electron chi connectivity index (χ1n) is 9.71. The maximum Gasteiger partial charge on any atom is 0.264 e. The Balaban J connectivity index is 1.53. The number of hydrogen-bond acceptors (Lipinski definition) is 7. The van der Waals surface area contributed by atoms with E-state index in [0.29, 0.717) is 22.8 Å². The predicted octanol–water partition coefficient (Wildman–Crippen LogP) is 3.77. The quantitative estimate of drug-likeness (QED) is 0.488. The molecule has 1 amide bonds. The van der Waals surface area contributed by atoms with Crippen molar-refractivity contribution in [2.45, 2.75) is 24.5 Å². The molecule has 2 N–H and O–H groups in total. The monoisotopic (exact) mass is 472 g/mol. The molecule has 2 aromatic carbocycles. The third-order valence-electron chi connectivity index (χ3n) is 4.32. The number of nitrogens with zero attached hydrogens (tertiary/aromatic N) is 2. The van der Waals surface area contributed by atoms with Gasteiger partial charge in [-0.05, 0) is 61.9 Å². The summed E-state index contributed by atoms with van der Waals surface area (Å²) >= 11 is 1.49. The molecule has 0 radical (unpaired) electrons. The predicted molar refractivity (Wildman–Crippen MR) is 127 cm³/mol. The van der Waals surface area contributed by atoms with Crippen molar-refractivity contribution in [1.82, 2.24) is 9.97 Å². The van der Waals surface area contributed by atoms with E-state index in [1.54, 1.807) is 39.2 Å². The van der Waals surface area contributed by atoms with E-state index in [1.165, 1.54) is 23.9 Å². The number of carbonyl (C=O) groups excluding carboxylic acids is 1. The van der Waals surface area contributed by atoms with Crippen molar-refractivity contribution in [3.05, 3.63) is 71.5 Å². The highest BCUT2D eigenvalue weighted by Crippen LogP contribution is 2.19. The molecule has 10 heteroatoms. The number of thioether (sulfide) groups is 1. The molecule has 0 saturated carbocycles. The van der Waals surface area contributed by atoms with Gasteiger partial charge in [0, 0.05) is 22.8 Å². The summed E-state index contributed by atoms with van der Waals surface area (Å²) in [6.07, 6.45) is 0. The van der Waals surface area contributed by atoms with Gasteiger partial charge in [-0.25, -0.2) is 23.1 Å². The lowest BCUT2D eigenvalue weighted by Gasteiger charge is -2.09. The van der Waals surface area contributed by atoms with Gasteiger partial charge in [0.2, 0.25) is 11.9 Å². The van der Waals surface area contributed by atoms with Crippen LogP contribution in [0.5, 0.6) is 5.75 Å². The molecule has 0 spiro atoms. The molecule has 0 saturated heterocycles. The SMILES string of the molecule is COc1ccc(CSCC(=O)Nc2ccc(S(=O)(=O)Nc3nc(C)cc(C)n3)cc2)cc1. The fourth-order valence-electron chi connectivity index (χ4n) is 2.85. The minimum Gasteiger partial charge on any atom is -0.497 e. The fourth-order valence-corrected chi connectivity index (χ4v) is 4.58. The van der Waals surface area contributed by atoms with Gasteiger partial charge in [-0.3, -0.25) is 4.79 Å². The van der Waals surface area contributed by atoms with E-state index in [2.05, 4.69) is 20.0 Å². The second-order valence-corrected chi connectivity index (χ2v) is 9.66. The van der Waals surface area contributed by atoms with Gasteiger partial charge >= 0.3 is 0 Å². The molecule has 0 aliphatic carbocycles. The van der Waals surface area contributed by atoms with Crippen LogP contribution in [0.15, 0.2) is 59.5 Å². The van der Waals surface area contributed by atoms with Gasteiger partial charge in [0.25, 0.3) is 10.0 Å². The molecule has 0 bridgehead atoms. The Bertz CT molecular complexity index is 1160. The van der Waals surface area contributed by atoms with Crippen molar-refractivity contribution in [1.29, 1.82) is 0 Å². The molecule has 0 fully saturated rings. The number of aromatic nitrogens is 2. The smallest absolute Gasteiger partial charge is 0.264 e. The first-order chi connectivity index (χ1) is 15.2. The van der Waals surface area contributed by atoms with E-state index in [4.69, 9.17) is 4.74 Å². The van der Waals surface area contributed by atoms with Crippen LogP contribution in [0.3, 0.4) is 0 Å². The van der Waals surface area contributed by atoms with E-state index < -0.39 is 10.0 Å². The van der Waals surface area contributed by atoms with Crippen LogP contribution in [0.4, 0.5) is 11.6 Å².